The molecule has 8 heteroatoms. The number of rotatable bonds is 3. The van der Waals surface area contributed by atoms with Crippen molar-refractivity contribution in [3.05, 3.63) is 46.4 Å². The van der Waals surface area contributed by atoms with E-state index in [-0.39, 0.29) is 0 Å². The highest BCUT2D eigenvalue weighted by atomic mass is 32.1. The molecule has 7 rings (SSSR count). The lowest BCUT2D eigenvalue weighted by atomic mass is 9.87. The molecule has 33 heavy (non-hydrogen) atoms. The first kappa shape index (κ1) is 19.6. The summed E-state index contributed by atoms with van der Waals surface area (Å²) >= 11 is 1.78. The number of nitrogens with zero attached hydrogens (tertiary/aromatic N) is 5. The quantitative estimate of drug-likeness (QED) is 0.477. The summed E-state index contributed by atoms with van der Waals surface area (Å²) in [5.74, 6) is 1.14. The van der Waals surface area contributed by atoms with Crippen LogP contribution in [0.1, 0.15) is 59.9 Å². The molecule has 2 aliphatic heterocycles. The Kier molecular flexibility index (Phi) is 4.36. The lowest BCUT2D eigenvalue weighted by molar-refractivity contribution is 0.358. The van der Waals surface area contributed by atoms with E-state index in [1.54, 1.807) is 15.9 Å². The van der Waals surface area contributed by atoms with Crippen LogP contribution in [0.4, 0.5) is 5.82 Å². The Morgan fingerprint density at radius 2 is 1.94 bits per heavy atom. The summed E-state index contributed by atoms with van der Waals surface area (Å²) < 4.78 is 1.78. The smallest absolute Gasteiger partial charge is 0.165 e. The third kappa shape index (κ3) is 3.11. The van der Waals surface area contributed by atoms with Gasteiger partial charge in [0.15, 0.2) is 5.65 Å². The minimum Gasteiger partial charge on any atom is -0.383 e. The fourth-order valence-corrected chi connectivity index (χ4v) is 7.10. The first-order valence-electron chi connectivity index (χ1n) is 12.0. The Morgan fingerprint density at radius 3 is 2.70 bits per heavy atom. The van der Waals surface area contributed by atoms with E-state index >= 15 is 0 Å². The van der Waals surface area contributed by atoms with E-state index in [0.717, 1.165) is 64.4 Å². The summed E-state index contributed by atoms with van der Waals surface area (Å²) in [6.07, 6.45) is 12.1. The second-order valence-electron chi connectivity index (χ2n) is 9.78. The van der Waals surface area contributed by atoms with Crippen molar-refractivity contribution >= 4 is 22.8 Å². The molecule has 2 unspecified atom stereocenters. The predicted octanol–water partition coefficient (Wildman–Crippen LogP) is 4.29. The third-order valence-electron chi connectivity index (χ3n) is 7.72. The SMILES string of the molecule is Cc1c(C2CC3CCC(C2)N3)nc2c(-c3ccc(-c4nc5c(s4)CCC5)nc3)cnn2c1N. The Hall–Kier alpha value is -2.84. The van der Waals surface area contributed by atoms with Crippen LogP contribution in [-0.4, -0.2) is 36.6 Å². The van der Waals surface area contributed by atoms with Crippen LogP contribution in [0.25, 0.3) is 27.5 Å². The van der Waals surface area contributed by atoms with Crippen molar-refractivity contribution in [2.75, 3.05) is 5.73 Å². The van der Waals surface area contributed by atoms with Crippen LogP contribution in [0, 0.1) is 6.92 Å². The van der Waals surface area contributed by atoms with Crippen molar-refractivity contribution in [2.24, 2.45) is 0 Å². The van der Waals surface area contributed by atoms with E-state index in [9.17, 15) is 0 Å². The number of piperidine rings is 1. The second-order valence-corrected chi connectivity index (χ2v) is 10.9. The average molecular weight is 458 g/mol. The number of hydrogen-bond donors (Lipinski definition) is 2. The van der Waals surface area contributed by atoms with E-state index in [2.05, 4.69) is 29.5 Å². The van der Waals surface area contributed by atoms with Gasteiger partial charge in [-0.3, -0.25) is 4.98 Å². The van der Waals surface area contributed by atoms with Gasteiger partial charge in [0, 0.05) is 45.8 Å². The van der Waals surface area contributed by atoms with Crippen molar-refractivity contribution in [1.29, 1.82) is 0 Å². The Bertz CT molecular complexity index is 1340. The Morgan fingerprint density at radius 1 is 1.09 bits per heavy atom. The molecule has 3 aliphatic rings. The van der Waals surface area contributed by atoms with Gasteiger partial charge in [-0.15, -0.1) is 11.3 Å². The van der Waals surface area contributed by atoms with Crippen LogP contribution in [0.5, 0.6) is 0 Å². The maximum Gasteiger partial charge on any atom is 0.165 e. The van der Waals surface area contributed by atoms with Crippen LogP contribution >= 0.6 is 11.3 Å². The van der Waals surface area contributed by atoms with Gasteiger partial charge in [0.2, 0.25) is 0 Å². The van der Waals surface area contributed by atoms with Gasteiger partial charge in [0.1, 0.15) is 10.8 Å². The number of nitrogen functional groups attached to an aromatic ring is 1. The van der Waals surface area contributed by atoms with Gasteiger partial charge in [0.05, 0.1) is 23.3 Å². The van der Waals surface area contributed by atoms with Crippen LogP contribution < -0.4 is 11.1 Å². The number of nitrogens with one attached hydrogen (secondary N) is 1. The number of anilines is 1. The monoisotopic (exact) mass is 457 g/mol. The van der Waals surface area contributed by atoms with Crippen LogP contribution in [-0.2, 0) is 12.8 Å². The minimum absolute atomic E-state index is 0.450. The van der Waals surface area contributed by atoms with E-state index < -0.39 is 0 Å². The second kappa shape index (κ2) is 7.33. The zero-order valence-corrected chi connectivity index (χ0v) is 19.5. The maximum absolute atomic E-state index is 6.56. The summed E-state index contributed by atoms with van der Waals surface area (Å²) in [7, 11) is 0. The summed E-state index contributed by atoms with van der Waals surface area (Å²) in [5.41, 5.74) is 13.8. The molecular formula is C25H27N7S. The van der Waals surface area contributed by atoms with Gasteiger partial charge in [-0.25, -0.2) is 9.97 Å². The van der Waals surface area contributed by atoms with Gasteiger partial charge in [-0.2, -0.15) is 9.61 Å². The molecule has 0 spiro atoms. The highest BCUT2D eigenvalue weighted by Crippen LogP contribution is 2.39. The molecule has 4 aromatic heterocycles. The first-order chi connectivity index (χ1) is 16.1. The van der Waals surface area contributed by atoms with E-state index in [1.807, 2.05) is 12.4 Å². The number of aromatic nitrogens is 5. The molecule has 2 atom stereocenters. The number of aryl methyl sites for hydroxylation is 2. The molecule has 0 amide bonds. The van der Waals surface area contributed by atoms with Crippen LogP contribution in [0.2, 0.25) is 0 Å². The zero-order chi connectivity index (χ0) is 22.1. The van der Waals surface area contributed by atoms with Crippen molar-refractivity contribution in [3.63, 3.8) is 0 Å². The van der Waals surface area contributed by atoms with Crippen molar-refractivity contribution in [2.45, 2.75) is 69.9 Å². The van der Waals surface area contributed by atoms with Gasteiger partial charge in [0.25, 0.3) is 0 Å². The highest BCUT2D eigenvalue weighted by molar-refractivity contribution is 7.15. The molecule has 0 radical (unpaired) electrons. The van der Waals surface area contributed by atoms with Crippen LogP contribution in [0.15, 0.2) is 24.5 Å². The van der Waals surface area contributed by atoms with E-state index in [4.69, 9.17) is 20.7 Å². The fraction of sp³-hybridized carbons (Fsp3) is 0.440. The number of hydrogen-bond acceptors (Lipinski definition) is 7. The molecule has 4 aromatic rings. The Labute approximate surface area is 196 Å². The van der Waals surface area contributed by atoms with Gasteiger partial charge >= 0.3 is 0 Å². The van der Waals surface area contributed by atoms with E-state index in [1.165, 1.54) is 29.8 Å². The maximum atomic E-state index is 6.56. The normalized spacial score (nSPS) is 24.0. The molecule has 3 N–H and O–H groups in total. The fourth-order valence-electron chi connectivity index (χ4n) is 5.98. The standard InChI is InChI=1S/C25H27N7S/c1-13-22(15-9-16-6-7-17(10-15)29-16)31-24-18(12-28-32(24)23(13)26)14-5-8-20(27-11-14)25-30-19-3-2-4-21(19)33-25/h5,8,11-12,15-17,29H,2-4,6-7,9-10,26H2,1H3. The lowest BCUT2D eigenvalue weighted by Crippen LogP contribution is -2.37. The summed E-state index contributed by atoms with van der Waals surface area (Å²) in [6, 6.07) is 5.39. The van der Waals surface area contributed by atoms with Crippen molar-refractivity contribution in [3.8, 4) is 21.8 Å². The molecule has 6 heterocycles. The summed E-state index contributed by atoms with van der Waals surface area (Å²) in [4.78, 5) is 16.1. The van der Waals surface area contributed by atoms with Crippen LogP contribution in [0.3, 0.4) is 0 Å². The predicted molar refractivity (Wildman–Crippen MR) is 130 cm³/mol. The number of thiazole rings is 1. The van der Waals surface area contributed by atoms with Gasteiger partial charge in [-0.05, 0) is 57.9 Å². The summed E-state index contributed by atoms with van der Waals surface area (Å²) in [5, 5.41) is 9.33. The molecule has 2 bridgehead atoms. The largest absolute Gasteiger partial charge is 0.383 e. The zero-order valence-electron chi connectivity index (χ0n) is 18.7. The lowest BCUT2D eigenvalue weighted by Gasteiger charge is -2.30. The molecule has 2 fully saturated rings. The van der Waals surface area contributed by atoms with E-state index in [0.29, 0.717) is 23.8 Å². The molecule has 1 aliphatic carbocycles. The molecule has 7 nitrogen and oxygen atoms in total. The highest BCUT2D eigenvalue weighted by Gasteiger charge is 2.36. The molecular weight excluding hydrogens is 430 g/mol. The van der Waals surface area contributed by atoms with Gasteiger partial charge < -0.3 is 11.1 Å². The molecule has 0 saturated carbocycles. The minimum atomic E-state index is 0.450. The van der Waals surface area contributed by atoms with Crippen molar-refractivity contribution < 1.29 is 0 Å². The molecule has 168 valence electrons. The molecule has 2 saturated heterocycles. The average Bonchev–Trinajstić information content (AvgIpc) is 3.59. The summed E-state index contributed by atoms with van der Waals surface area (Å²) in [6.45, 7) is 2.09. The number of pyridine rings is 1. The number of fused-ring (bicyclic) bond motifs is 4. The number of nitrogens with two attached hydrogens (primary N) is 1. The topological polar surface area (TPSA) is 94.0 Å². The van der Waals surface area contributed by atoms with Crippen molar-refractivity contribution in [1.82, 2.24) is 29.9 Å². The Balaban J connectivity index is 1.26. The van der Waals surface area contributed by atoms with Gasteiger partial charge in [-0.1, -0.05) is 6.07 Å². The molecule has 0 aromatic carbocycles. The first-order valence-corrected chi connectivity index (χ1v) is 12.8. The third-order valence-corrected chi connectivity index (χ3v) is 8.90.